The van der Waals surface area contributed by atoms with Crippen molar-refractivity contribution >= 4 is 29.0 Å². The van der Waals surface area contributed by atoms with E-state index >= 15 is 0 Å². The summed E-state index contributed by atoms with van der Waals surface area (Å²) in [7, 11) is 0. The van der Waals surface area contributed by atoms with Gasteiger partial charge in [-0.05, 0) is 11.6 Å². The number of nitrogens with one attached hydrogen (secondary N) is 2. The van der Waals surface area contributed by atoms with Crippen molar-refractivity contribution in [1.82, 2.24) is 10.6 Å². The van der Waals surface area contributed by atoms with Crippen LogP contribution in [0.3, 0.4) is 0 Å². The summed E-state index contributed by atoms with van der Waals surface area (Å²) in [5.74, 6) is 0.940. The fraction of sp³-hybridized carbons (Fsp3) is 0.167. The summed E-state index contributed by atoms with van der Waals surface area (Å²) in [6.07, 6.45) is 3.45. The monoisotopic (exact) mass is 247 g/mol. The molecule has 0 spiro atoms. The van der Waals surface area contributed by atoms with Crippen molar-refractivity contribution in [2.45, 2.75) is 0 Å². The Kier molecular flexibility index (Phi) is 4.21. The molecule has 0 fully saturated rings. The number of hydrogen-bond acceptors (Lipinski definition) is 3. The van der Waals surface area contributed by atoms with Crippen LogP contribution in [0.15, 0.2) is 41.5 Å². The van der Waals surface area contributed by atoms with Gasteiger partial charge in [0.15, 0.2) is 5.17 Å². The van der Waals surface area contributed by atoms with Gasteiger partial charge in [0.1, 0.15) is 0 Å². The first kappa shape index (κ1) is 11.7. The molecule has 1 aromatic rings. The first-order valence-corrected chi connectivity index (χ1v) is 6.29. The molecule has 88 valence electrons. The van der Waals surface area contributed by atoms with Crippen molar-refractivity contribution in [3.05, 3.63) is 42.1 Å². The molecule has 1 aliphatic rings. The zero-order valence-electron chi connectivity index (χ0n) is 9.22. The quantitative estimate of drug-likeness (QED) is 0.840. The van der Waals surface area contributed by atoms with Crippen LogP contribution in [0.5, 0.6) is 0 Å². The van der Waals surface area contributed by atoms with E-state index in [9.17, 15) is 4.79 Å². The zero-order valence-corrected chi connectivity index (χ0v) is 10.0. The number of thioether (sulfide) groups is 1. The molecule has 4 nitrogen and oxygen atoms in total. The largest absolute Gasteiger partial charge is 0.324 e. The number of nitrogens with zero attached hydrogens (tertiary/aromatic N) is 1. The van der Waals surface area contributed by atoms with Gasteiger partial charge in [0.05, 0.1) is 6.54 Å². The van der Waals surface area contributed by atoms with Gasteiger partial charge < -0.3 is 5.32 Å². The lowest BCUT2D eigenvalue weighted by Gasteiger charge is -2.02. The van der Waals surface area contributed by atoms with E-state index in [1.54, 1.807) is 18.0 Å². The maximum Gasteiger partial charge on any atom is 0.324 e. The first-order valence-electron chi connectivity index (χ1n) is 5.31. The van der Waals surface area contributed by atoms with Crippen molar-refractivity contribution in [2.75, 3.05) is 12.3 Å². The van der Waals surface area contributed by atoms with Crippen molar-refractivity contribution < 1.29 is 4.79 Å². The number of benzene rings is 1. The van der Waals surface area contributed by atoms with Crippen LogP contribution in [0.2, 0.25) is 0 Å². The fourth-order valence-electron chi connectivity index (χ4n) is 1.32. The molecule has 0 radical (unpaired) electrons. The van der Waals surface area contributed by atoms with Gasteiger partial charge >= 0.3 is 6.03 Å². The van der Waals surface area contributed by atoms with Crippen LogP contribution in [-0.4, -0.2) is 23.5 Å². The SMILES string of the molecule is O=C(N/C=C/c1ccccc1)NC1=NCCS1. The lowest BCUT2D eigenvalue weighted by molar-refractivity contribution is 0.248. The Morgan fingerprint density at radius 2 is 2.18 bits per heavy atom. The van der Waals surface area contributed by atoms with Gasteiger partial charge in [-0.2, -0.15) is 0 Å². The second-order valence-electron chi connectivity index (χ2n) is 3.38. The molecule has 1 aromatic carbocycles. The van der Waals surface area contributed by atoms with Crippen LogP contribution >= 0.6 is 11.8 Å². The van der Waals surface area contributed by atoms with E-state index in [2.05, 4.69) is 15.6 Å². The predicted molar refractivity (Wildman–Crippen MR) is 71.9 cm³/mol. The molecule has 1 heterocycles. The van der Waals surface area contributed by atoms with E-state index in [1.807, 2.05) is 36.4 Å². The Labute approximate surface area is 104 Å². The maximum atomic E-state index is 11.4. The number of urea groups is 1. The molecule has 0 bridgehead atoms. The number of carbonyl (C=O) groups excluding carboxylic acids is 1. The van der Waals surface area contributed by atoms with Gasteiger partial charge in [-0.1, -0.05) is 42.1 Å². The summed E-state index contributed by atoms with van der Waals surface area (Å²) < 4.78 is 0. The molecule has 5 heteroatoms. The smallest absolute Gasteiger partial charge is 0.314 e. The van der Waals surface area contributed by atoms with Crippen LogP contribution in [0.25, 0.3) is 6.08 Å². The van der Waals surface area contributed by atoms with Gasteiger partial charge in [-0.15, -0.1) is 0 Å². The van der Waals surface area contributed by atoms with Crippen LogP contribution in [0.1, 0.15) is 5.56 Å². The van der Waals surface area contributed by atoms with Crippen LogP contribution < -0.4 is 10.6 Å². The van der Waals surface area contributed by atoms with E-state index in [1.165, 1.54) is 0 Å². The Hall–Kier alpha value is -1.75. The highest BCUT2D eigenvalue weighted by Gasteiger charge is 2.08. The molecule has 1 aliphatic heterocycles. The summed E-state index contributed by atoms with van der Waals surface area (Å²) in [6, 6.07) is 9.52. The third kappa shape index (κ3) is 3.96. The number of hydrogen-bond donors (Lipinski definition) is 2. The molecule has 2 N–H and O–H groups in total. The second-order valence-corrected chi connectivity index (χ2v) is 4.46. The molecule has 2 amide bonds. The van der Waals surface area contributed by atoms with E-state index in [-0.39, 0.29) is 6.03 Å². The minimum Gasteiger partial charge on any atom is -0.314 e. The molecule has 0 unspecified atom stereocenters. The van der Waals surface area contributed by atoms with Crippen molar-refractivity contribution in [3.63, 3.8) is 0 Å². The number of carbonyl (C=O) groups is 1. The average molecular weight is 247 g/mol. The normalized spacial score (nSPS) is 14.7. The lowest BCUT2D eigenvalue weighted by atomic mass is 10.2. The number of amidine groups is 1. The maximum absolute atomic E-state index is 11.4. The van der Waals surface area contributed by atoms with Gasteiger partial charge in [0.2, 0.25) is 0 Å². The fourth-order valence-corrected chi connectivity index (χ4v) is 2.05. The molecule has 0 aliphatic carbocycles. The minimum absolute atomic E-state index is 0.259. The topological polar surface area (TPSA) is 53.5 Å². The van der Waals surface area contributed by atoms with Gasteiger partial charge in [0.25, 0.3) is 0 Å². The van der Waals surface area contributed by atoms with Gasteiger partial charge in [-0.25, -0.2) is 4.79 Å². The van der Waals surface area contributed by atoms with Crippen LogP contribution in [0.4, 0.5) is 4.79 Å². The van der Waals surface area contributed by atoms with Gasteiger partial charge in [-0.3, -0.25) is 10.3 Å². The summed E-state index contributed by atoms with van der Waals surface area (Å²) in [6.45, 7) is 0.778. The Bertz CT molecular complexity index is 442. The van der Waals surface area contributed by atoms with E-state index < -0.39 is 0 Å². The molecule has 0 atom stereocenters. The molecule has 17 heavy (non-hydrogen) atoms. The third-order valence-electron chi connectivity index (χ3n) is 2.10. The minimum atomic E-state index is -0.259. The number of amides is 2. The Balaban J connectivity index is 1.78. The van der Waals surface area contributed by atoms with E-state index in [0.29, 0.717) is 5.17 Å². The summed E-state index contributed by atoms with van der Waals surface area (Å²) >= 11 is 1.55. The lowest BCUT2D eigenvalue weighted by Crippen LogP contribution is -2.34. The van der Waals surface area contributed by atoms with Crippen molar-refractivity contribution in [1.29, 1.82) is 0 Å². The van der Waals surface area contributed by atoms with E-state index in [0.717, 1.165) is 17.9 Å². The Morgan fingerprint density at radius 3 is 2.88 bits per heavy atom. The molecule has 2 rings (SSSR count). The van der Waals surface area contributed by atoms with Crippen LogP contribution in [-0.2, 0) is 0 Å². The highest BCUT2D eigenvalue weighted by atomic mass is 32.2. The predicted octanol–water partition coefficient (Wildman–Crippen LogP) is 2.06. The zero-order chi connectivity index (χ0) is 11.9. The van der Waals surface area contributed by atoms with Crippen molar-refractivity contribution in [3.8, 4) is 0 Å². The summed E-state index contributed by atoms with van der Waals surface area (Å²) in [4.78, 5) is 15.5. The first-order chi connectivity index (χ1) is 8.34. The number of rotatable bonds is 2. The molecule has 0 saturated heterocycles. The second kappa shape index (κ2) is 6.10. The Morgan fingerprint density at radius 1 is 1.35 bits per heavy atom. The van der Waals surface area contributed by atoms with Crippen molar-refractivity contribution in [2.24, 2.45) is 4.99 Å². The van der Waals surface area contributed by atoms with Crippen LogP contribution in [0, 0.1) is 0 Å². The molecule has 0 aromatic heterocycles. The molecular weight excluding hydrogens is 234 g/mol. The average Bonchev–Trinajstić information content (AvgIpc) is 2.83. The highest BCUT2D eigenvalue weighted by molar-refractivity contribution is 8.14. The van der Waals surface area contributed by atoms with E-state index in [4.69, 9.17) is 0 Å². The number of aliphatic imine (C=N–C) groups is 1. The third-order valence-corrected chi connectivity index (χ3v) is 2.99. The standard InChI is InChI=1S/C12H13N3OS/c16-11(15-12-14-8-9-17-12)13-7-6-10-4-2-1-3-5-10/h1-7H,8-9H2,(H2,13,14,15,16)/b7-6+. The molecular formula is C12H13N3OS. The summed E-state index contributed by atoms with van der Waals surface area (Å²) in [5.41, 5.74) is 1.04. The molecule has 0 saturated carbocycles. The highest BCUT2D eigenvalue weighted by Crippen LogP contribution is 2.08. The summed E-state index contributed by atoms with van der Waals surface area (Å²) in [5, 5.41) is 6.00. The van der Waals surface area contributed by atoms with Gasteiger partial charge in [0, 0.05) is 12.0 Å².